The quantitative estimate of drug-likeness (QED) is 0.750. The fraction of sp³-hybridized carbons (Fsp3) is 0.350. The summed E-state index contributed by atoms with van der Waals surface area (Å²) in [4.78, 5) is 20.7. The first-order chi connectivity index (χ1) is 13.9. The van der Waals surface area contributed by atoms with E-state index in [1.165, 1.54) is 30.5 Å². The predicted molar refractivity (Wildman–Crippen MR) is 102 cm³/mol. The van der Waals surface area contributed by atoms with Crippen LogP contribution in [0.25, 0.3) is 0 Å². The zero-order chi connectivity index (χ0) is 20.6. The third-order valence-corrected chi connectivity index (χ3v) is 5.53. The van der Waals surface area contributed by atoms with E-state index in [-0.39, 0.29) is 42.7 Å². The molecule has 2 aliphatic rings. The number of fused-ring (bicyclic) bond motifs is 1. The Hall–Kier alpha value is -2.58. The summed E-state index contributed by atoms with van der Waals surface area (Å²) in [6.45, 7) is -0.581. The van der Waals surface area contributed by atoms with Gasteiger partial charge in [0.2, 0.25) is 0 Å². The molecule has 29 heavy (non-hydrogen) atoms. The lowest BCUT2D eigenvalue weighted by Gasteiger charge is -2.39. The van der Waals surface area contributed by atoms with E-state index in [2.05, 4.69) is 9.98 Å². The molecule has 2 N–H and O–H groups in total. The van der Waals surface area contributed by atoms with Crippen LogP contribution >= 0.6 is 11.6 Å². The molecular formula is C20H18ClF2N3O3. The van der Waals surface area contributed by atoms with Gasteiger partial charge in [-0.15, -0.1) is 0 Å². The molecule has 0 bridgehead atoms. The predicted octanol–water partition coefficient (Wildman–Crippen LogP) is 2.82. The number of hydrogen-bond donors (Lipinski definition) is 1. The zero-order valence-electron chi connectivity index (χ0n) is 15.3. The fourth-order valence-corrected chi connectivity index (χ4v) is 3.96. The first kappa shape index (κ1) is 19.7. The van der Waals surface area contributed by atoms with Crippen molar-refractivity contribution < 1.29 is 23.0 Å². The summed E-state index contributed by atoms with van der Waals surface area (Å²) < 4.78 is 40.0. The Morgan fingerprint density at radius 2 is 2.14 bits per heavy atom. The molecule has 1 saturated heterocycles. The van der Waals surface area contributed by atoms with Gasteiger partial charge >= 0.3 is 0 Å². The zero-order valence-corrected chi connectivity index (χ0v) is 16.0. The highest BCUT2D eigenvalue weighted by atomic mass is 35.5. The standard InChI is InChI=1S/C20H18ClF2N3O3/c21-12-2-4-16(25-7-12)17(27)6-11-1-3-15(23)13(5-11)20(10-22)14-8-28-9-18(14)29-19(24)26-20/h1-5,7,14,18H,6,8-10H2,(H2,24,26)/t14-,18+,20+/m0/s1. The molecule has 0 spiro atoms. The summed E-state index contributed by atoms with van der Waals surface area (Å²) >= 11 is 5.79. The van der Waals surface area contributed by atoms with Crippen LogP contribution in [0.2, 0.25) is 5.02 Å². The van der Waals surface area contributed by atoms with E-state index >= 15 is 0 Å². The number of carbonyl (C=O) groups excluding carboxylic acids is 1. The lowest BCUT2D eigenvalue weighted by molar-refractivity contribution is 0.0614. The number of amidine groups is 1. The Balaban J connectivity index is 1.70. The number of rotatable bonds is 5. The molecule has 1 aromatic carbocycles. The average molecular weight is 422 g/mol. The van der Waals surface area contributed by atoms with E-state index in [9.17, 15) is 13.6 Å². The molecule has 152 valence electrons. The van der Waals surface area contributed by atoms with Crippen molar-refractivity contribution in [2.75, 3.05) is 19.9 Å². The lowest BCUT2D eigenvalue weighted by Crippen LogP contribution is -2.50. The van der Waals surface area contributed by atoms with Crippen LogP contribution in [0.1, 0.15) is 21.6 Å². The van der Waals surface area contributed by atoms with Crippen LogP contribution in [-0.2, 0) is 21.4 Å². The van der Waals surface area contributed by atoms with Crippen molar-refractivity contribution in [1.29, 1.82) is 0 Å². The van der Waals surface area contributed by atoms with E-state index in [0.717, 1.165) is 0 Å². The summed E-state index contributed by atoms with van der Waals surface area (Å²) in [5.74, 6) is -1.43. The number of Topliss-reactive ketones (excluding diaryl/α,β-unsaturated/α-hetero) is 1. The SMILES string of the molecule is NC1=N[C@](CF)(c2cc(CC(=O)c3ccc(Cl)cn3)ccc2F)[C@H]2COC[C@H]2O1. The highest BCUT2D eigenvalue weighted by molar-refractivity contribution is 6.30. The largest absolute Gasteiger partial charge is 0.459 e. The van der Waals surface area contributed by atoms with Crippen LogP contribution in [0.5, 0.6) is 0 Å². The van der Waals surface area contributed by atoms with Crippen molar-refractivity contribution in [3.05, 3.63) is 64.2 Å². The van der Waals surface area contributed by atoms with Crippen molar-refractivity contribution in [3.63, 3.8) is 0 Å². The molecule has 2 aromatic rings. The molecule has 0 amide bonds. The summed E-state index contributed by atoms with van der Waals surface area (Å²) in [7, 11) is 0. The van der Waals surface area contributed by atoms with Crippen molar-refractivity contribution in [2.24, 2.45) is 16.6 Å². The minimum absolute atomic E-state index is 0.0288. The second-order valence-corrected chi connectivity index (χ2v) is 7.52. The summed E-state index contributed by atoms with van der Waals surface area (Å²) in [6, 6.07) is 7.02. The van der Waals surface area contributed by atoms with Crippen LogP contribution in [0.15, 0.2) is 41.5 Å². The molecule has 4 rings (SSSR count). The number of hydrogen-bond acceptors (Lipinski definition) is 6. The van der Waals surface area contributed by atoms with Gasteiger partial charge in [0.25, 0.3) is 6.02 Å². The Kier molecular flexibility index (Phi) is 5.23. The van der Waals surface area contributed by atoms with Gasteiger partial charge in [0.05, 0.1) is 24.2 Å². The molecule has 2 aliphatic heterocycles. The van der Waals surface area contributed by atoms with Gasteiger partial charge in [-0.3, -0.25) is 9.78 Å². The number of benzene rings is 1. The molecule has 3 atom stereocenters. The topological polar surface area (TPSA) is 86.8 Å². The summed E-state index contributed by atoms with van der Waals surface area (Å²) in [5, 5.41) is 0.416. The number of aliphatic imine (C=N–C) groups is 1. The van der Waals surface area contributed by atoms with Gasteiger partial charge in [-0.05, 0) is 29.8 Å². The Bertz CT molecular complexity index is 970. The van der Waals surface area contributed by atoms with Gasteiger partial charge in [0.1, 0.15) is 29.8 Å². The Labute approximate surface area is 170 Å². The van der Waals surface area contributed by atoms with Crippen molar-refractivity contribution >= 4 is 23.4 Å². The van der Waals surface area contributed by atoms with Crippen LogP contribution in [0.3, 0.4) is 0 Å². The van der Waals surface area contributed by atoms with Gasteiger partial charge in [0, 0.05) is 18.2 Å². The van der Waals surface area contributed by atoms with Gasteiger partial charge < -0.3 is 15.2 Å². The number of alkyl halides is 1. The second-order valence-electron chi connectivity index (χ2n) is 7.08. The first-order valence-corrected chi connectivity index (χ1v) is 9.40. The molecular weight excluding hydrogens is 404 g/mol. The molecule has 3 heterocycles. The second kappa shape index (κ2) is 7.68. The van der Waals surface area contributed by atoms with Crippen LogP contribution in [0.4, 0.5) is 8.78 Å². The number of carbonyl (C=O) groups is 1. The maximum atomic E-state index is 14.8. The van der Waals surface area contributed by atoms with Gasteiger partial charge in [-0.25, -0.2) is 13.8 Å². The van der Waals surface area contributed by atoms with Gasteiger partial charge in [0.15, 0.2) is 5.78 Å². The minimum Gasteiger partial charge on any atom is -0.459 e. The molecule has 0 aliphatic carbocycles. The van der Waals surface area contributed by atoms with E-state index < -0.39 is 30.1 Å². The normalized spacial score (nSPS) is 25.8. The molecule has 1 fully saturated rings. The number of pyridine rings is 1. The molecule has 0 saturated carbocycles. The van der Waals surface area contributed by atoms with E-state index in [0.29, 0.717) is 10.6 Å². The van der Waals surface area contributed by atoms with Crippen molar-refractivity contribution in [3.8, 4) is 0 Å². The molecule has 0 radical (unpaired) electrons. The fourth-order valence-electron chi connectivity index (χ4n) is 3.85. The number of nitrogens with zero attached hydrogens (tertiary/aromatic N) is 2. The number of aromatic nitrogens is 1. The minimum atomic E-state index is -1.56. The van der Waals surface area contributed by atoms with Crippen LogP contribution in [0, 0.1) is 11.7 Å². The van der Waals surface area contributed by atoms with E-state index in [1.54, 1.807) is 6.07 Å². The van der Waals surface area contributed by atoms with Crippen LogP contribution < -0.4 is 5.73 Å². The Morgan fingerprint density at radius 1 is 1.31 bits per heavy atom. The van der Waals surface area contributed by atoms with E-state index in [1.807, 2.05) is 0 Å². The van der Waals surface area contributed by atoms with E-state index in [4.69, 9.17) is 26.8 Å². The maximum Gasteiger partial charge on any atom is 0.283 e. The number of ether oxygens (including phenoxy) is 2. The third kappa shape index (κ3) is 3.58. The van der Waals surface area contributed by atoms with Gasteiger partial charge in [-0.1, -0.05) is 17.7 Å². The third-order valence-electron chi connectivity index (χ3n) is 5.30. The highest BCUT2D eigenvalue weighted by Crippen LogP contribution is 2.44. The maximum absolute atomic E-state index is 14.8. The number of halogens is 3. The monoisotopic (exact) mass is 421 g/mol. The number of ketones is 1. The molecule has 1 aromatic heterocycles. The summed E-state index contributed by atoms with van der Waals surface area (Å²) in [5.41, 5.74) is 4.95. The molecule has 0 unspecified atom stereocenters. The smallest absolute Gasteiger partial charge is 0.283 e. The molecule has 6 nitrogen and oxygen atoms in total. The van der Waals surface area contributed by atoms with Crippen molar-refractivity contribution in [2.45, 2.75) is 18.1 Å². The Morgan fingerprint density at radius 3 is 2.86 bits per heavy atom. The van der Waals surface area contributed by atoms with Crippen molar-refractivity contribution in [1.82, 2.24) is 4.98 Å². The first-order valence-electron chi connectivity index (χ1n) is 9.02. The average Bonchev–Trinajstić information content (AvgIpc) is 3.18. The molecule has 9 heteroatoms. The highest BCUT2D eigenvalue weighted by Gasteiger charge is 2.53. The summed E-state index contributed by atoms with van der Waals surface area (Å²) in [6.07, 6.45) is 0.832. The lowest BCUT2D eigenvalue weighted by atomic mass is 9.76. The van der Waals surface area contributed by atoms with Crippen LogP contribution in [-0.4, -0.2) is 42.8 Å². The number of nitrogens with two attached hydrogens (primary N) is 1. The van der Waals surface area contributed by atoms with Gasteiger partial charge in [-0.2, -0.15) is 0 Å².